The van der Waals surface area contributed by atoms with Gasteiger partial charge in [0.25, 0.3) is 0 Å². The number of aliphatic carboxylic acids is 3. The van der Waals surface area contributed by atoms with Gasteiger partial charge in [-0.3, -0.25) is 14.4 Å². The number of hydrogen-bond donors (Lipinski definition) is 3. The van der Waals surface area contributed by atoms with Gasteiger partial charge in [-0.15, -0.1) is 0 Å². The van der Waals surface area contributed by atoms with Gasteiger partial charge in [-0.05, 0) is 81.5 Å². The maximum Gasteiger partial charge on any atom is 0.309 e. The highest BCUT2D eigenvalue weighted by atomic mass is 16.4. The number of carboxylic acid groups (broad SMARTS) is 3. The minimum absolute atomic E-state index is 0.292. The highest BCUT2D eigenvalue weighted by molar-refractivity contribution is 5.74. The van der Waals surface area contributed by atoms with Crippen molar-refractivity contribution >= 4 is 17.9 Å². The van der Waals surface area contributed by atoms with Crippen molar-refractivity contribution in [2.24, 2.45) is 16.2 Å². The van der Waals surface area contributed by atoms with Gasteiger partial charge in [0.1, 0.15) is 0 Å². The van der Waals surface area contributed by atoms with Gasteiger partial charge in [0.15, 0.2) is 0 Å². The molecule has 360 valence electrons. The summed E-state index contributed by atoms with van der Waals surface area (Å²) in [6.45, 7) is 19.9. The molecule has 3 N–H and O–H groups in total. The van der Waals surface area contributed by atoms with Crippen molar-refractivity contribution in [3.8, 4) is 0 Å². The van der Waals surface area contributed by atoms with Crippen molar-refractivity contribution in [1.29, 1.82) is 0 Å². The molecule has 0 aromatic carbocycles. The molecule has 0 aliphatic rings. The molecule has 0 amide bonds. The van der Waals surface area contributed by atoms with Crippen LogP contribution in [-0.4, -0.2) is 33.2 Å². The quantitative estimate of drug-likeness (QED) is 0.0527. The minimum atomic E-state index is -0.711. The third kappa shape index (κ3) is 32.1. The SMILES string of the molecule is CCCC(=O)O.CCCC(=O)O.CCCCCCC(CC)(CCCCC(CCCCCC)(CCCCCC)C(CCCCCC)(CCCCCC)CCCCCC)C(=O)O. The number of hydrogen-bond acceptors (Lipinski definition) is 3. The second-order valence-electron chi connectivity index (χ2n) is 18.9. The van der Waals surface area contributed by atoms with Crippen molar-refractivity contribution in [2.75, 3.05) is 0 Å². The van der Waals surface area contributed by atoms with Gasteiger partial charge >= 0.3 is 17.9 Å². The van der Waals surface area contributed by atoms with E-state index in [1.807, 2.05) is 13.8 Å². The molecule has 0 heterocycles. The summed E-state index contributed by atoms with van der Waals surface area (Å²) in [7, 11) is 0. The van der Waals surface area contributed by atoms with Crippen LogP contribution < -0.4 is 0 Å². The number of rotatable bonds is 42. The molecule has 0 saturated carbocycles. The smallest absolute Gasteiger partial charge is 0.309 e. The Hall–Kier alpha value is -1.59. The van der Waals surface area contributed by atoms with Crippen molar-refractivity contribution in [3.05, 3.63) is 0 Å². The van der Waals surface area contributed by atoms with Gasteiger partial charge in [0.2, 0.25) is 0 Å². The lowest BCUT2D eigenvalue weighted by Crippen LogP contribution is -2.43. The fourth-order valence-corrected chi connectivity index (χ4v) is 9.88. The molecule has 0 spiro atoms. The fourth-order valence-electron chi connectivity index (χ4n) is 9.88. The van der Waals surface area contributed by atoms with Crippen LogP contribution in [-0.2, 0) is 14.4 Å². The molecule has 0 fully saturated rings. The van der Waals surface area contributed by atoms with Crippen LogP contribution in [0.4, 0.5) is 0 Å². The topological polar surface area (TPSA) is 112 Å². The Morgan fingerprint density at radius 3 is 0.683 bits per heavy atom. The van der Waals surface area contributed by atoms with Crippen LogP contribution in [0.15, 0.2) is 0 Å². The molecule has 0 saturated heterocycles. The van der Waals surface area contributed by atoms with E-state index >= 15 is 0 Å². The van der Waals surface area contributed by atoms with Crippen molar-refractivity contribution in [1.82, 2.24) is 0 Å². The number of carboxylic acids is 3. The zero-order valence-electron chi connectivity index (χ0n) is 42.1. The molecule has 1 unspecified atom stereocenters. The Morgan fingerprint density at radius 1 is 0.300 bits per heavy atom. The average Bonchev–Trinajstić information content (AvgIpc) is 3.22. The van der Waals surface area contributed by atoms with Crippen LogP contribution in [0.25, 0.3) is 0 Å². The molecular formula is C54H108O6. The normalized spacial score (nSPS) is 12.6. The molecule has 6 nitrogen and oxygen atoms in total. The van der Waals surface area contributed by atoms with Crippen molar-refractivity contribution in [2.45, 2.75) is 313 Å². The van der Waals surface area contributed by atoms with E-state index in [1.54, 1.807) is 0 Å². The second-order valence-corrected chi connectivity index (χ2v) is 18.9. The summed E-state index contributed by atoms with van der Waals surface area (Å²) in [6.07, 6.45) is 47.6. The average molecular weight is 853 g/mol. The molecule has 1 atom stereocenters. The third-order valence-corrected chi connectivity index (χ3v) is 13.8. The third-order valence-electron chi connectivity index (χ3n) is 13.8. The van der Waals surface area contributed by atoms with E-state index in [2.05, 4.69) is 48.5 Å². The van der Waals surface area contributed by atoms with Gasteiger partial charge in [-0.2, -0.15) is 0 Å². The summed E-state index contributed by atoms with van der Waals surface area (Å²) in [6, 6.07) is 0. The lowest BCUT2D eigenvalue weighted by Gasteiger charge is -2.54. The van der Waals surface area contributed by atoms with Crippen molar-refractivity contribution in [3.63, 3.8) is 0 Å². The summed E-state index contributed by atoms with van der Waals surface area (Å²) in [5, 5.41) is 26.4. The first-order chi connectivity index (χ1) is 28.9. The molecule has 0 aliphatic carbocycles. The summed E-state index contributed by atoms with van der Waals surface area (Å²) in [5.74, 6) is -1.95. The van der Waals surface area contributed by atoms with Crippen LogP contribution in [0.2, 0.25) is 0 Å². The molecule has 0 aromatic heterocycles. The molecule has 0 radical (unpaired) electrons. The Morgan fingerprint density at radius 2 is 0.517 bits per heavy atom. The van der Waals surface area contributed by atoms with E-state index in [0.717, 1.165) is 44.9 Å². The molecular weight excluding hydrogens is 745 g/mol. The maximum absolute atomic E-state index is 12.8. The predicted octanol–water partition coefficient (Wildman–Crippen LogP) is 18.6. The van der Waals surface area contributed by atoms with Gasteiger partial charge in [0.05, 0.1) is 5.41 Å². The van der Waals surface area contributed by atoms with Crippen molar-refractivity contribution < 1.29 is 29.7 Å². The Kier molecular flexibility index (Phi) is 46.0. The zero-order valence-corrected chi connectivity index (χ0v) is 42.1. The highest BCUT2D eigenvalue weighted by Gasteiger charge is 2.48. The maximum atomic E-state index is 12.8. The van der Waals surface area contributed by atoms with Crippen LogP contribution in [0.5, 0.6) is 0 Å². The van der Waals surface area contributed by atoms with E-state index in [4.69, 9.17) is 10.2 Å². The standard InChI is InChI=1S/C46H92O2.2C4H8O2/c1-8-15-21-27-35-44(14-7,43(47)48)36-33-34-42-46(40-31-25-19-12-5,41-32-26-20-13-6)45(37-28-22-16-9-2,38-29-23-17-10-3)39-30-24-18-11-4;2*1-2-3-4(5)6/h8-42H2,1-7H3,(H,47,48);2*2-3H2,1H3,(H,5,6). The summed E-state index contributed by atoms with van der Waals surface area (Å²) >= 11 is 0. The van der Waals surface area contributed by atoms with E-state index in [9.17, 15) is 19.5 Å². The molecule has 0 bridgehead atoms. The zero-order chi connectivity index (χ0) is 45.8. The van der Waals surface area contributed by atoms with Crippen LogP contribution >= 0.6 is 0 Å². The van der Waals surface area contributed by atoms with Gasteiger partial charge < -0.3 is 15.3 Å². The monoisotopic (exact) mass is 853 g/mol. The Balaban J connectivity index is -0.00000234. The van der Waals surface area contributed by atoms with Gasteiger partial charge in [-0.25, -0.2) is 0 Å². The van der Waals surface area contributed by atoms with E-state index in [0.29, 0.717) is 23.7 Å². The second kappa shape index (κ2) is 44.0. The van der Waals surface area contributed by atoms with Crippen LogP contribution in [0, 0.1) is 16.2 Å². The minimum Gasteiger partial charge on any atom is -0.481 e. The van der Waals surface area contributed by atoms with Gasteiger partial charge in [0, 0.05) is 12.8 Å². The van der Waals surface area contributed by atoms with E-state index in [1.165, 1.54) is 193 Å². The Bertz CT molecular complexity index is 887. The van der Waals surface area contributed by atoms with E-state index in [-0.39, 0.29) is 0 Å². The Labute approximate surface area is 375 Å². The number of unbranched alkanes of at least 4 members (excludes halogenated alkanes) is 19. The highest BCUT2D eigenvalue weighted by Crippen LogP contribution is 2.59. The fraction of sp³-hybridized carbons (Fsp3) is 0.944. The summed E-state index contributed by atoms with van der Waals surface area (Å²) < 4.78 is 0. The number of carbonyl (C=O) groups is 3. The lowest BCUT2D eigenvalue weighted by molar-refractivity contribution is -0.150. The molecule has 6 heteroatoms. The molecule has 0 rings (SSSR count). The largest absolute Gasteiger partial charge is 0.481 e. The van der Waals surface area contributed by atoms with Gasteiger partial charge in [-0.1, -0.05) is 229 Å². The van der Waals surface area contributed by atoms with Crippen LogP contribution in [0.1, 0.15) is 313 Å². The lowest BCUT2D eigenvalue weighted by atomic mass is 9.51. The summed E-state index contributed by atoms with van der Waals surface area (Å²) in [4.78, 5) is 32.0. The molecule has 0 aromatic rings. The predicted molar refractivity (Wildman–Crippen MR) is 261 cm³/mol. The first-order valence-corrected chi connectivity index (χ1v) is 26.5. The van der Waals surface area contributed by atoms with E-state index < -0.39 is 23.3 Å². The molecule has 60 heavy (non-hydrogen) atoms. The first-order valence-electron chi connectivity index (χ1n) is 26.5. The first kappa shape index (κ1) is 62.7. The summed E-state index contributed by atoms with van der Waals surface area (Å²) in [5.41, 5.74) is 0.351. The molecule has 0 aliphatic heterocycles. The van der Waals surface area contributed by atoms with Crippen LogP contribution in [0.3, 0.4) is 0 Å².